The van der Waals surface area contributed by atoms with Gasteiger partial charge >= 0.3 is 0 Å². The molecule has 0 N–H and O–H groups in total. The largest absolute Gasteiger partial charge is 0.710 e. The van der Waals surface area contributed by atoms with E-state index in [1.165, 1.54) is 0 Å². The van der Waals surface area contributed by atoms with Crippen LogP contribution in [-0.2, 0) is 6.54 Å². The molecule has 0 saturated heterocycles. The average molecular weight is 212 g/mol. The van der Waals surface area contributed by atoms with Crippen molar-refractivity contribution in [3.63, 3.8) is 0 Å². The van der Waals surface area contributed by atoms with E-state index in [-0.39, 0.29) is 0 Å². The van der Waals surface area contributed by atoms with Gasteiger partial charge in [0.05, 0.1) is 6.54 Å². The number of imidazole rings is 1. The second kappa shape index (κ2) is 3.23. The van der Waals surface area contributed by atoms with E-state index >= 15 is 0 Å². The smallest absolute Gasteiger partial charge is 0.247 e. The molecule has 0 fully saturated rings. The third-order valence-electron chi connectivity index (χ3n) is 2.99. The highest BCUT2D eigenvalue weighted by Gasteiger charge is 2.13. The van der Waals surface area contributed by atoms with Gasteiger partial charge in [0.25, 0.3) is 0 Å². The Morgan fingerprint density at radius 1 is 1.19 bits per heavy atom. The zero-order valence-electron chi connectivity index (χ0n) is 9.05. The van der Waals surface area contributed by atoms with E-state index in [4.69, 9.17) is 0 Å². The van der Waals surface area contributed by atoms with Crippen molar-refractivity contribution in [2.75, 3.05) is 0 Å². The molecule has 0 saturated carbocycles. The van der Waals surface area contributed by atoms with Crippen molar-refractivity contribution in [1.82, 2.24) is 4.57 Å². The number of hydrogen-bond acceptors (Lipinski definition) is 1. The summed E-state index contributed by atoms with van der Waals surface area (Å²) in [7, 11) is 0. The van der Waals surface area contributed by atoms with Crippen LogP contribution in [0.5, 0.6) is 0 Å². The second-order valence-corrected chi connectivity index (χ2v) is 3.88. The molecule has 1 heterocycles. The van der Waals surface area contributed by atoms with E-state index in [0.29, 0.717) is 0 Å². The topological polar surface area (TPSA) is 31.9 Å². The van der Waals surface area contributed by atoms with Crippen LogP contribution in [0.15, 0.2) is 42.7 Å². The van der Waals surface area contributed by atoms with Crippen molar-refractivity contribution in [3.05, 3.63) is 47.9 Å². The summed E-state index contributed by atoms with van der Waals surface area (Å²) >= 11 is 0. The molecular weight excluding hydrogens is 200 g/mol. The third kappa shape index (κ3) is 1.11. The Hall–Kier alpha value is -2.03. The van der Waals surface area contributed by atoms with Gasteiger partial charge in [-0.3, -0.25) is 0 Å². The van der Waals surface area contributed by atoms with E-state index in [9.17, 15) is 5.21 Å². The predicted molar refractivity (Wildman–Crippen MR) is 64.1 cm³/mol. The fourth-order valence-electron chi connectivity index (χ4n) is 2.21. The van der Waals surface area contributed by atoms with Gasteiger partial charge in [-0.2, -0.15) is 0 Å². The van der Waals surface area contributed by atoms with Crippen LogP contribution in [0, 0.1) is 5.21 Å². The highest BCUT2D eigenvalue weighted by atomic mass is 16.5. The van der Waals surface area contributed by atoms with E-state index in [0.717, 1.165) is 33.1 Å². The van der Waals surface area contributed by atoms with Crippen molar-refractivity contribution in [3.8, 4) is 0 Å². The Morgan fingerprint density at radius 3 is 2.81 bits per heavy atom. The summed E-state index contributed by atoms with van der Waals surface area (Å²) in [5, 5.41) is 14.0. The highest BCUT2D eigenvalue weighted by molar-refractivity contribution is 6.02. The molecule has 0 atom stereocenters. The fraction of sp³-hybridized carbons (Fsp3) is 0.154. The summed E-state index contributed by atoms with van der Waals surface area (Å²) in [4.78, 5) is 0. The monoisotopic (exact) mass is 212 g/mol. The molecule has 0 aliphatic heterocycles. The van der Waals surface area contributed by atoms with E-state index in [2.05, 4.69) is 6.07 Å². The van der Waals surface area contributed by atoms with Gasteiger partial charge in [-0.05, 0) is 30.5 Å². The molecule has 0 aliphatic rings. The first-order chi connectivity index (χ1) is 7.81. The first kappa shape index (κ1) is 9.21. The molecule has 3 rings (SSSR count). The van der Waals surface area contributed by atoms with Crippen LogP contribution >= 0.6 is 0 Å². The summed E-state index contributed by atoms with van der Waals surface area (Å²) in [6.07, 6.45) is 1.61. The van der Waals surface area contributed by atoms with Gasteiger partial charge in [0, 0.05) is 5.39 Å². The van der Waals surface area contributed by atoms with Crippen molar-refractivity contribution < 1.29 is 4.73 Å². The molecule has 0 unspecified atom stereocenters. The molecule has 16 heavy (non-hydrogen) atoms. The third-order valence-corrected chi connectivity index (χ3v) is 2.99. The van der Waals surface area contributed by atoms with Crippen LogP contribution < -0.4 is 4.73 Å². The van der Waals surface area contributed by atoms with Crippen LogP contribution in [0.2, 0.25) is 0 Å². The SMILES string of the molecule is CCn1c[n+]([O-])c2c3ccccc3ccc21. The number of fused-ring (bicyclic) bond motifs is 3. The molecule has 3 nitrogen and oxygen atoms in total. The van der Waals surface area contributed by atoms with Gasteiger partial charge in [0.1, 0.15) is 0 Å². The first-order valence-corrected chi connectivity index (χ1v) is 5.41. The second-order valence-electron chi connectivity index (χ2n) is 3.88. The van der Waals surface area contributed by atoms with Gasteiger partial charge in [-0.25, -0.2) is 9.30 Å². The fourth-order valence-corrected chi connectivity index (χ4v) is 2.21. The lowest BCUT2D eigenvalue weighted by Crippen LogP contribution is -2.23. The van der Waals surface area contributed by atoms with Crippen LogP contribution in [0.4, 0.5) is 0 Å². The Labute approximate surface area is 93.1 Å². The summed E-state index contributed by atoms with van der Waals surface area (Å²) in [5.74, 6) is 0. The molecular formula is C13H12N2O. The summed E-state index contributed by atoms with van der Waals surface area (Å²) < 4.78 is 2.93. The predicted octanol–water partition coefficient (Wildman–Crippen LogP) is 2.45. The lowest BCUT2D eigenvalue weighted by molar-refractivity contribution is -0.577. The molecule has 0 bridgehead atoms. The molecule has 2 aromatic carbocycles. The van der Waals surface area contributed by atoms with Crippen molar-refractivity contribution in [2.24, 2.45) is 0 Å². The number of rotatable bonds is 1. The van der Waals surface area contributed by atoms with Gasteiger partial charge in [0.2, 0.25) is 6.33 Å². The van der Waals surface area contributed by atoms with Crippen molar-refractivity contribution in [2.45, 2.75) is 13.5 Å². The minimum absolute atomic E-state index is 0.764. The van der Waals surface area contributed by atoms with Gasteiger partial charge in [0.15, 0.2) is 11.0 Å². The Bertz CT molecular complexity index is 670. The number of hydrogen-bond donors (Lipinski definition) is 0. The van der Waals surface area contributed by atoms with Crippen LogP contribution in [0.3, 0.4) is 0 Å². The molecule has 0 aliphatic carbocycles. The normalized spacial score (nSPS) is 11.3. The lowest BCUT2D eigenvalue weighted by atomic mass is 10.1. The summed E-state index contributed by atoms with van der Waals surface area (Å²) in [5.41, 5.74) is 1.76. The molecule has 0 radical (unpaired) electrons. The van der Waals surface area contributed by atoms with Crippen LogP contribution in [0.1, 0.15) is 6.92 Å². The maximum atomic E-state index is 11.9. The Balaban J connectivity index is 2.55. The Kier molecular flexibility index (Phi) is 1.86. The van der Waals surface area contributed by atoms with E-state index in [1.807, 2.05) is 41.8 Å². The quantitative estimate of drug-likeness (QED) is 0.450. The lowest BCUT2D eigenvalue weighted by Gasteiger charge is -2.00. The average Bonchev–Trinajstić information content (AvgIpc) is 2.66. The maximum Gasteiger partial charge on any atom is 0.247 e. The highest BCUT2D eigenvalue weighted by Crippen LogP contribution is 2.22. The van der Waals surface area contributed by atoms with Crippen molar-refractivity contribution in [1.29, 1.82) is 0 Å². The molecule has 3 heteroatoms. The summed E-state index contributed by atoms with van der Waals surface area (Å²) in [6.45, 7) is 2.85. The molecule has 0 spiro atoms. The first-order valence-electron chi connectivity index (χ1n) is 5.41. The molecule has 3 aromatic rings. The minimum atomic E-state index is 0.764. The standard InChI is InChI=1S/C13H12N2O/c1-2-14-9-15(16)13-11-6-4-3-5-10(11)7-8-12(13)14/h3-9H,2H2,1H3. The van der Waals surface area contributed by atoms with Gasteiger partial charge in [-0.15, -0.1) is 0 Å². The minimum Gasteiger partial charge on any atom is -0.710 e. The molecule has 1 aromatic heterocycles. The zero-order chi connectivity index (χ0) is 11.1. The zero-order valence-corrected chi connectivity index (χ0v) is 9.05. The molecule has 80 valence electrons. The number of nitrogens with zero attached hydrogens (tertiary/aromatic N) is 2. The van der Waals surface area contributed by atoms with Gasteiger partial charge < -0.3 is 5.21 Å². The maximum absolute atomic E-state index is 11.9. The summed E-state index contributed by atoms with van der Waals surface area (Å²) in [6, 6.07) is 12.0. The van der Waals surface area contributed by atoms with Crippen LogP contribution in [0.25, 0.3) is 21.8 Å². The Morgan fingerprint density at radius 2 is 2.00 bits per heavy atom. The van der Waals surface area contributed by atoms with Crippen LogP contribution in [-0.4, -0.2) is 4.57 Å². The molecule has 0 amide bonds. The number of benzene rings is 2. The van der Waals surface area contributed by atoms with E-state index in [1.54, 1.807) is 6.33 Å². The van der Waals surface area contributed by atoms with E-state index < -0.39 is 0 Å². The number of aromatic nitrogens is 2. The van der Waals surface area contributed by atoms with Crippen molar-refractivity contribution >= 4 is 21.8 Å². The number of aryl methyl sites for hydroxylation is 1. The van der Waals surface area contributed by atoms with Gasteiger partial charge in [-0.1, -0.05) is 18.2 Å².